The maximum absolute atomic E-state index is 12.8. The second kappa shape index (κ2) is 13.5. The van der Waals surface area contributed by atoms with Crippen LogP contribution in [0.4, 0.5) is 17.8 Å². The fourth-order valence-electron chi connectivity index (χ4n) is 4.67. The van der Waals surface area contributed by atoms with Crippen LogP contribution >= 0.6 is 0 Å². The number of rotatable bonds is 11. The number of ether oxygens (including phenoxy) is 1. The molecule has 1 aromatic heterocycles. The van der Waals surface area contributed by atoms with Gasteiger partial charge >= 0.3 is 5.97 Å². The minimum atomic E-state index is -0.375. The minimum absolute atomic E-state index is 0.0275. The van der Waals surface area contributed by atoms with Crippen molar-refractivity contribution >= 4 is 29.7 Å². The standard InChI is InChI=1S/C29H37N7O3/c1-19(21-7-5-4-6-8-21)17-32-28-34-27(30-2)35-29(36-28)33-24-15-13-22(14-16-24)25(37)31-18-20-9-11-23(12-10-20)26(38)39-3/h4-12,19,22,24H,13-18H2,1-3H3,(H,31,37)(H3,30,32,33,34,35,36)/t19-,22-,24+/m0/s1. The Morgan fingerprint density at radius 1 is 0.923 bits per heavy atom. The molecule has 0 spiro atoms. The first-order chi connectivity index (χ1) is 18.9. The molecule has 10 nitrogen and oxygen atoms in total. The van der Waals surface area contributed by atoms with Crippen molar-refractivity contribution in [3.05, 3.63) is 71.3 Å². The van der Waals surface area contributed by atoms with Gasteiger partial charge in [0.2, 0.25) is 23.8 Å². The van der Waals surface area contributed by atoms with Crippen molar-refractivity contribution in [1.82, 2.24) is 20.3 Å². The maximum atomic E-state index is 12.8. The van der Waals surface area contributed by atoms with E-state index in [1.807, 2.05) is 30.3 Å². The number of methoxy groups -OCH3 is 1. The molecular weight excluding hydrogens is 494 g/mol. The van der Waals surface area contributed by atoms with Gasteiger partial charge in [-0.25, -0.2) is 4.79 Å². The molecule has 39 heavy (non-hydrogen) atoms. The maximum Gasteiger partial charge on any atom is 0.337 e. The van der Waals surface area contributed by atoms with E-state index in [1.54, 1.807) is 19.2 Å². The highest BCUT2D eigenvalue weighted by atomic mass is 16.5. The number of benzene rings is 2. The third-order valence-electron chi connectivity index (χ3n) is 7.07. The van der Waals surface area contributed by atoms with E-state index < -0.39 is 0 Å². The van der Waals surface area contributed by atoms with Crippen molar-refractivity contribution in [2.24, 2.45) is 5.92 Å². The molecule has 0 aliphatic heterocycles. The van der Waals surface area contributed by atoms with Crippen LogP contribution in [0.5, 0.6) is 0 Å². The first-order valence-electron chi connectivity index (χ1n) is 13.4. The van der Waals surface area contributed by atoms with Crippen molar-refractivity contribution in [2.45, 2.75) is 51.1 Å². The smallest absolute Gasteiger partial charge is 0.337 e. The lowest BCUT2D eigenvalue weighted by atomic mass is 9.85. The molecule has 1 atom stereocenters. The van der Waals surface area contributed by atoms with Crippen molar-refractivity contribution in [3.63, 3.8) is 0 Å². The average molecular weight is 532 g/mol. The van der Waals surface area contributed by atoms with E-state index in [1.165, 1.54) is 12.7 Å². The van der Waals surface area contributed by atoms with Crippen molar-refractivity contribution < 1.29 is 14.3 Å². The second-order valence-corrected chi connectivity index (χ2v) is 9.85. The summed E-state index contributed by atoms with van der Waals surface area (Å²) in [5, 5.41) is 12.8. The van der Waals surface area contributed by atoms with Gasteiger partial charge in [0.15, 0.2) is 0 Å². The highest BCUT2D eigenvalue weighted by molar-refractivity contribution is 5.89. The Morgan fingerprint density at radius 2 is 1.59 bits per heavy atom. The Balaban J connectivity index is 1.25. The lowest BCUT2D eigenvalue weighted by Crippen LogP contribution is -2.36. The first-order valence-corrected chi connectivity index (χ1v) is 13.4. The van der Waals surface area contributed by atoms with Crippen LogP contribution in [-0.4, -0.2) is 53.6 Å². The Kier molecular flexibility index (Phi) is 9.66. The fraction of sp³-hybridized carbons (Fsp3) is 0.414. The molecule has 0 saturated heterocycles. The number of anilines is 3. The van der Waals surface area contributed by atoms with Crippen LogP contribution in [0.1, 0.15) is 60.0 Å². The summed E-state index contributed by atoms with van der Waals surface area (Å²) < 4.78 is 4.72. The number of aromatic nitrogens is 3. The predicted molar refractivity (Wildman–Crippen MR) is 152 cm³/mol. The van der Waals surface area contributed by atoms with Gasteiger partial charge in [0.1, 0.15) is 0 Å². The number of amides is 1. The lowest BCUT2D eigenvalue weighted by molar-refractivity contribution is -0.126. The summed E-state index contributed by atoms with van der Waals surface area (Å²) >= 11 is 0. The SMILES string of the molecule is CNc1nc(NC[C@H](C)c2ccccc2)nc(N[C@H]2CC[C@@H](C(=O)NCc3ccc(C(=O)OC)cc3)CC2)n1. The number of carbonyl (C=O) groups excluding carboxylic acids is 2. The van der Waals surface area contributed by atoms with Crippen LogP contribution in [0, 0.1) is 5.92 Å². The third kappa shape index (κ3) is 7.89. The number of nitrogens with zero attached hydrogens (tertiary/aromatic N) is 3. The zero-order valence-corrected chi connectivity index (χ0v) is 22.7. The predicted octanol–water partition coefficient (Wildman–Crippen LogP) is 4.20. The van der Waals surface area contributed by atoms with Gasteiger partial charge in [-0.05, 0) is 54.9 Å². The normalized spacial score (nSPS) is 17.5. The molecule has 1 heterocycles. The first kappa shape index (κ1) is 27.8. The van der Waals surface area contributed by atoms with E-state index in [-0.39, 0.29) is 23.8 Å². The lowest BCUT2D eigenvalue weighted by Gasteiger charge is -2.28. The molecule has 4 rings (SSSR count). The van der Waals surface area contributed by atoms with Crippen molar-refractivity contribution in [1.29, 1.82) is 0 Å². The van der Waals surface area contributed by atoms with E-state index in [9.17, 15) is 9.59 Å². The Labute approximate surface area is 229 Å². The van der Waals surface area contributed by atoms with Crippen LogP contribution in [0.25, 0.3) is 0 Å². The van der Waals surface area contributed by atoms with Gasteiger partial charge in [0.25, 0.3) is 0 Å². The summed E-state index contributed by atoms with van der Waals surface area (Å²) in [4.78, 5) is 37.9. The van der Waals surface area contributed by atoms with Crippen molar-refractivity contribution in [3.8, 4) is 0 Å². The van der Waals surface area contributed by atoms with Gasteiger partial charge < -0.3 is 26.0 Å². The van der Waals surface area contributed by atoms with E-state index >= 15 is 0 Å². The molecule has 2 aromatic carbocycles. The summed E-state index contributed by atoms with van der Waals surface area (Å²) in [5.74, 6) is 1.50. The molecule has 1 aliphatic rings. The number of hydrogen-bond donors (Lipinski definition) is 4. The molecule has 3 aromatic rings. The number of esters is 1. The average Bonchev–Trinajstić information content (AvgIpc) is 2.99. The Hall–Kier alpha value is -4.21. The summed E-state index contributed by atoms with van der Waals surface area (Å²) in [5.41, 5.74) is 2.68. The largest absolute Gasteiger partial charge is 0.465 e. The van der Waals surface area contributed by atoms with Crippen molar-refractivity contribution in [2.75, 3.05) is 36.7 Å². The zero-order valence-electron chi connectivity index (χ0n) is 22.7. The van der Waals surface area contributed by atoms with Gasteiger partial charge in [-0.2, -0.15) is 15.0 Å². The van der Waals surface area contributed by atoms with Crippen LogP contribution < -0.4 is 21.3 Å². The quantitative estimate of drug-likeness (QED) is 0.269. The molecule has 1 fully saturated rings. The van der Waals surface area contributed by atoms with Gasteiger partial charge in [0, 0.05) is 32.1 Å². The molecule has 206 valence electrons. The fourth-order valence-corrected chi connectivity index (χ4v) is 4.67. The molecule has 4 N–H and O–H groups in total. The number of hydrogen-bond acceptors (Lipinski definition) is 9. The van der Waals surface area contributed by atoms with Gasteiger partial charge in [-0.3, -0.25) is 4.79 Å². The van der Waals surface area contributed by atoms with Crippen LogP contribution in [0.15, 0.2) is 54.6 Å². The molecule has 1 amide bonds. The Morgan fingerprint density at radius 3 is 2.26 bits per heavy atom. The molecule has 1 saturated carbocycles. The third-order valence-corrected chi connectivity index (χ3v) is 7.07. The second-order valence-electron chi connectivity index (χ2n) is 9.85. The number of carbonyl (C=O) groups is 2. The van der Waals surface area contributed by atoms with Gasteiger partial charge in [0.05, 0.1) is 12.7 Å². The van der Waals surface area contributed by atoms with E-state index in [0.717, 1.165) is 31.2 Å². The van der Waals surface area contributed by atoms with Gasteiger partial charge in [-0.15, -0.1) is 0 Å². The molecule has 10 heteroatoms. The van der Waals surface area contributed by atoms with Crippen LogP contribution in [0.2, 0.25) is 0 Å². The summed E-state index contributed by atoms with van der Waals surface area (Å²) in [6, 6.07) is 17.6. The van der Waals surface area contributed by atoms with E-state index in [2.05, 4.69) is 55.3 Å². The molecular formula is C29H37N7O3. The van der Waals surface area contributed by atoms with Gasteiger partial charge in [-0.1, -0.05) is 49.4 Å². The van der Waals surface area contributed by atoms with E-state index in [4.69, 9.17) is 4.74 Å². The topological polar surface area (TPSA) is 130 Å². The molecule has 1 aliphatic carbocycles. The summed E-state index contributed by atoms with van der Waals surface area (Å²) in [6.45, 7) is 3.29. The van der Waals surface area contributed by atoms with E-state index in [0.29, 0.717) is 42.4 Å². The van der Waals surface area contributed by atoms with Crippen LogP contribution in [-0.2, 0) is 16.1 Å². The highest BCUT2D eigenvalue weighted by Crippen LogP contribution is 2.27. The zero-order chi connectivity index (χ0) is 27.6. The monoisotopic (exact) mass is 531 g/mol. The summed E-state index contributed by atoms with van der Waals surface area (Å²) in [7, 11) is 3.14. The molecule has 0 bridgehead atoms. The highest BCUT2D eigenvalue weighted by Gasteiger charge is 2.27. The Bertz CT molecular complexity index is 1230. The summed E-state index contributed by atoms with van der Waals surface area (Å²) in [6.07, 6.45) is 3.27. The molecule has 0 radical (unpaired) electrons. The van der Waals surface area contributed by atoms with Crippen LogP contribution in [0.3, 0.4) is 0 Å². The molecule has 0 unspecified atom stereocenters. The minimum Gasteiger partial charge on any atom is -0.465 e. The number of nitrogens with one attached hydrogen (secondary N) is 4.